The highest BCUT2D eigenvalue weighted by Gasteiger charge is 2.31. The first-order chi connectivity index (χ1) is 8.72. The van der Waals surface area contributed by atoms with Crippen molar-refractivity contribution in [3.05, 3.63) is 29.3 Å². The zero-order valence-electron chi connectivity index (χ0n) is 10.3. The van der Waals surface area contributed by atoms with Crippen molar-refractivity contribution in [2.75, 3.05) is 6.61 Å². The third kappa shape index (κ3) is 2.20. The number of hydrogen-bond donors (Lipinski definition) is 2. The van der Waals surface area contributed by atoms with Gasteiger partial charge in [0.05, 0.1) is 6.61 Å². The number of nitrogens with two attached hydrogens (primary N) is 1. The van der Waals surface area contributed by atoms with Gasteiger partial charge < -0.3 is 15.8 Å². The van der Waals surface area contributed by atoms with E-state index in [1.165, 1.54) is 5.56 Å². The Morgan fingerprint density at radius 1 is 1.44 bits per heavy atom. The van der Waals surface area contributed by atoms with Crippen LogP contribution in [-0.2, 0) is 17.8 Å². The fraction of sp³-hybridized carbons (Fsp3) is 0.500. The molecule has 2 aliphatic rings. The lowest BCUT2D eigenvalue weighted by Gasteiger charge is -2.31. The highest BCUT2D eigenvalue weighted by Crippen LogP contribution is 2.27. The van der Waals surface area contributed by atoms with E-state index in [4.69, 9.17) is 10.5 Å². The maximum atomic E-state index is 11.8. The Hall–Kier alpha value is -1.55. The summed E-state index contributed by atoms with van der Waals surface area (Å²) in [7, 11) is 0. The summed E-state index contributed by atoms with van der Waals surface area (Å²) in [6.07, 6.45) is 2.61. The molecule has 1 heterocycles. The molecule has 0 aromatic heterocycles. The Kier molecular flexibility index (Phi) is 2.96. The third-order valence-electron chi connectivity index (χ3n) is 3.77. The van der Waals surface area contributed by atoms with Crippen molar-refractivity contribution in [2.24, 2.45) is 11.7 Å². The molecule has 1 aliphatic heterocycles. The molecule has 1 aromatic carbocycles. The van der Waals surface area contributed by atoms with Gasteiger partial charge in [-0.2, -0.15) is 0 Å². The van der Waals surface area contributed by atoms with Crippen LogP contribution in [0.5, 0.6) is 5.75 Å². The summed E-state index contributed by atoms with van der Waals surface area (Å²) in [6, 6.07) is 6.34. The van der Waals surface area contributed by atoms with Crippen LogP contribution < -0.4 is 15.8 Å². The third-order valence-corrected chi connectivity index (χ3v) is 3.77. The Labute approximate surface area is 107 Å². The largest absolute Gasteiger partial charge is 0.493 e. The first-order valence-corrected chi connectivity index (χ1v) is 6.50. The maximum absolute atomic E-state index is 11.8. The van der Waals surface area contributed by atoms with Crippen molar-refractivity contribution in [2.45, 2.75) is 31.8 Å². The van der Waals surface area contributed by atoms with Gasteiger partial charge in [0, 0.05) is 24.9 Å². The molecule has 1 aliphatic carbocycles. The molecule has 1 saturated carbocycles. The number of amides is 1. The normalized spacial score (nSPS) is 24.9. The molecule has 0 bridgehead atoms. The molecule has 96 valence electrons. The number of rotatable bonds is 3. The molecule has 1 amide bonds. The van der Waals surface area contributed by atoms with Gasteiger partial charge in [-0.15, -0.1) is 0 Å². The second kappa shape index (κ2) is 4.61. The standard InChI is InChI=1S/C14H18N2O2/c15-12-6-11(7-12)14(17)16-8-9-1-2-13-10(5-9)3-4-18-13/h1-2,5,11-12H,3-4,6-8,15H2,(H,16,17). The minimum absolute atomic E-state index is 0.123. The monoisotopic (exact) mass is 246 g/mol. The summed E-state index contributed by atoms with van der Waals surface area (Å²) in [5.74, 6) is 1.24. The van der Waals surface area contributed by atoms with E-state index in [1.54, 1.807) is 0 Å². The van der Waals surface area contributed by atoms with Crippen LogP contribution in [0.3, 0.4) is 0 Å². The van der Waals surface area contributed by atoms with Crippen LogP contribution in [0.15, 0.2) is 18.2 Å². The molecule has 3 N–H and O–H groups in total. The number of fused-ring (bicyclic) bond motifs is 1. The van der Waals surface area contributed by atoms with E-state index < -0.39 is 0 Å². The van der Waals surface area contributed by atoms with Gasteiger partial charge in [0.15, 0.2) is 0 Å². The first kappa shape index (κ1) is 11.5. The molecule has 18 heavy (non-hydrogen) atoms. The predicted octanol–water partition coefficient (Wildman–Crippen LogP) is 0.975. The van der Waals surface area contributed by atoms with Crippen LogP contribution in [0, 0.1) is 5.92 Å². The van der Waals surface area contributed by atoms with Crippen LogP contribution in [-0.4, -0.2) is 18.6 Å². The van der Waals surface area contributed by atoms with E-state index in [2.05, 4.69) is 11.4 Å². The van der Waals surface area contributed by atoms with Crippen molar-refractivity contribution in [1.29, 1.82) is 0 Å². The highest BCUT2D eigenvalue weighted by atomic mass is 16.5. The highest BCUT2D eigenvalue weighted by molar-refractivity contribution is 5.79. The lowest BCUT2D eigenvalue weighted by molar-refractivity contribution is -0.128. The minimum Gasteiger partial charge on any atom is -0.493 e. The molecule has 0 radical (unpaired) electrons. The average Bonchev–Trinajstić information content (AvgIpc) is 2.79. The summed E-state index contributed by atoms with van der Waals surface area (Å²) < 4.78 is 5.45. The molecule has 3 rings (SSSR count). The van der Waals surface area contributed by atoms with Gasteiger partial charge in [-0.3, -0.25) is 4.79 Å². The van der Waals surface area contributed by atoms with E-state index in [0.29, 0.717) is 6.54 Å². The lowest BCUT2D eigenvalue weighted by atomic mass is 9.80. The van der Waals surface area contributed by atoms with Crippen LogP contribution in [0.4, 0.5) is 0 Å². The van der Waals surface area contributed by atoms with Crippen molar-refractivity contribution < 1.29 is 9.53 Å². The van der Waals surface area contributed by atoms with E-state index in [0.717, 1.165) is 37.2 Å². The van der Waals surface area contributed by atoms with Crippen LogP contribution >= 0.6 is 0 Å². The molecule has 0 spiro atoms. The van der Waals surface area contributed by atoms with Crippen molar-refractivity contribution in [1.82, 2.24) is 5.32 Å². The molecule has 1 aromatic rings. The van der Waals surface area contributed by atoms with Crippen LogP contribution in [0.25, 0.3) is 0 Å². The van der Waals surface area contributed by atoms with Crippen molar-refractivity contribution >= 4 is 5.91 Å². The zero-order chi connectivity index (χ0) is 12.5. The van der Waals surface area contributed by atoms with Crippen LogP contribution in [0.1, 0.15) is 24.0 Å². The first-order valence-electron chi connectivity index (χ1n) is 6.50. The van der Waals surface area contributed by atoms with Gasteiger partial charge in [0.25, 0.3) is 0 Å². The lowest BCUT2D eigenvalue weighted by Crippen LogP contribution is -2.44. The quantitative estimate of drug-likeness (QED) is 0.835. The molecule has 4 heteroatoms. The fourth-order valence-electron chi connectivity index (χ4n) is 2.56. The number of carbonyl (C=O) groups excluding carboxylic acids is 1. The predicted molar refractivity (Wildman–Crippen MR) is 68.2 cm³/mol. The minimum atomic E-state index is 0.123. The molecule has 0 atom stereocenters. The van der Waals surface area contributed by atoms with Crippen molar-refractivity contribution in [3.63, 3.8) is 0 Å². The van der Waals surface area contributed by atoms with E-state index in [9.17, 15) is 4.79 Å². The fourth-order valence-corrected chi connectivity index (χ4v) is 2.56. The van der Waals surface area contributed by atoms with Crippen molar-refractivity contribution in [3.8, 4) is 5.75 Å². The van der Waals surface area contributed by atoms with Gasteiger partial charge in [-0.25, -0.2) is 0 Å². The second-order valence-electron chi connectivity index (χ2n) is 5.19. The molecule has 0 unspecified atom stereocenters. The summed E-state index contributed by atoms with van der Waals surface area (Å²) in [4.78, 5) is 11.8. The molecule has 4 nitrogen and oxygen atoms in total. The van der Waals surface area contributed by atoms with Crippen LogP contribution in [0.2, 0.25) is 0 Å². The zero-order valence-corrected chi connectivity index (χ0v) is 10.3. The second-order valence-corrected chi connectivity index (χ2v) is 5.19. The number of hydrogen-bond acceptors (Lipinski definition) is 3. The Morgan fingerprint density at radius 2 is 2.28 bits per heavy atom. The smallest absolute Gasteiger partial charge is 0.223 e. The average molecular weight is 246 g/mol. The van der Waals surface area contributed by atoms with E-state index >= 15 is 0 Å². The summed E-state index contributed by atoms with van der Waals surface area (Å²) >= 11 is 0. The van der Waals surface area contributed by atoms with Gasteiger partial charge in [-0.1, -0.05) is 12.1 Å². The molecular formula is C14H18N2O2. The molecule has 1 fully saturated rings. The Morgan fingerprint density at radius 3 is 3.06 bits per heavy atom. The topological polar surface area (TPSA) is 64.4 Å². The van der Waals surface area contributed by atoms with E-state index in [-0.39, 0.29) is 17.9 Å². The number of carbonyl (C=O) groups is 1. The number of nitrogens with one attached hydrogen (secondary N) is 1. The number of ether oxygens (including phenoxy) is 1. The maximum Gasteiger partial charge on any atom is 0.223 e. The van der Waals surface area contributed by atoms with E-state index in [1.807, 2.05) is 12.1 Å². The van der Waals surface area contributed by atoms with Gasteiger partial charge in [0.1, 0.15) is 5.75 Å². The summed E-state index contributed by atoms with van der Waals surface area (Å²) in [5.41, 5.74) is 8.06. The Bertz CT molecular complexity index is 467. The number of benzene rings is 1. The molecule has 0 saturated heterocycles. The SMILES string of the molecule is NC1CC(C(=O)NCc2ccc3c(c2)CCO3)C1. The molecular weight excluding hydrogens is 228 g/mol. The summed E-state index contributed by atoms with van der Waals surface area (Å²) in [5, 5.41) is 2.98. The van der Waals surface area contributed by atoms with Gasteiger partial charge in [-0.05, 0) is 30.0 Å². The summed E-state index contributed by atoms with van der Waals surface area (Å²) in [6.45, 7) is 1.36. The Balaban J connectivity index is 1.55. The van der Waals surface area contributed by atoms with Gasteiger partial charge in [0.2, 0.25) is 5.91 Å². The van der Waals surface area contributed by atoms with Gasteiger partial charge >= 0.3 is 0 Å².